The van der Waals surface area contributed by atoms with Crippen molar-refractivity contribution in [2.45, 2.75) is 38.8 Å². The van der Waals surface area contributed by atoms with Crippen molar-refractivity contribution in [3.8, 4) is 5.75 Å². The van der Waals surface area contributed by atoms with Crippen molar-refractivity contribution in [3.05, 3.63) is 46.0 Å². The summed E-state index contributed by atoms with van der Waals surface area (Å²) in [6.07, 6.45) is 4.05. The number of ether oxygens (including phenoxy) is 2. The average molecular weight is 334 g/mol. The lowest BCUT2D eigenvalue weighted by Gasteiger charge is -2.35. The number of nitro benzene ring substituents is 1. The van der Waals surface area contributed by atoms with Crippen LogP contribution < -0.4 is 4.74 Å². The molecule has 7 nitrogen and oxygen atoms in total. The number of carbonyl (C=O) groups is 1. The van der Waals surface area contributed by atoms with E-state index in [1.807, 2.05) is 32.9 Å². The molecule has 0 bridgehead atoms. The van der Waals surface area contributed by atoms with Gasteiger partial charge in [0.25, 0.3) is 5.69 Å². The molecule has 0 saturated heterocycles. The third kappa shape index (κ3) is 4.04. The molecule has 0 fully saturated rings. The highest BCUT2D eigenvalue weighted by molar-refractivity contribution is 5.70. The topological polar surface area (TPSA) is 81.9 Å². The van der Waals surface area contributed by atoms with Crippen LogP contribution in [0.5, 0.6) is 5.75 Å². The first kappa shape index (κ1) is 17.8. The Morgan fingerprint density at radius 3 is 2.62 bits per heavy atom. The summed E-state index contributed by atoms with van der Waals surface area (Å²) in [6, 6.07) is 4.14. The van der Waals surface area contributed by atoms with E-state index in [-0.39, 0.29) is 11.7 Å². The number of hydrogen-bond acceptors (Lipinski definition) is 5. The van der Waals surface area contributed by atoms with Crippen molar-refractivity contribution >= 4 is 11.8 Å². The van der Waals surface area contributed by atoms with E-state index in [1.54, 1.807) is 11.0 Å². The van der Waals surface area contributed by atoms with E-state index in [9.17, 15) is 14.9 Å². The maximum absolute atomic E-state index is 12.5. The molecule has 0 saturated carbocycles. The molecule has 0 N–H and O–H groups in total. The lowest BCUT2D eigenvalue weighted by Crippen LogP contribution is -2.40. The fourth-order valence-electron chi connectivity index (χ4n) is 2.57. The number of carbonyl (C=O) groups excluding carboxylic acids is 1. The highest BCUT2D eigenvalue weighted by Gasteiger charge is 2.32. The molecule has 1 aromatic carbocycles. The van der Waals surface area contributed by atoms with Crippen molar-refractivity contribution in [1.82, 2.24) is 4.90 Å². The largest absolute Gasteiger partial charge is 0.496 e. The number of methoxy groups -OCH3 is 1. The second-order valence-electron chi connectivity index (χ2n) is 6.54. The highest BCUT2D eigenvalue weighted by atomic mass is 16.6. The number of non-ortho nitro benzene ring substituents is 1. The molecule has 0 aromatic heterocycles. The fourth-order valence-corrected chi connectivity index (χ4v) is 2.57. The zero-order valence-corrected chi connectivity index (χ0v) is 14.3. The van der Waals surface area contributed by atoms with Crippen molar-refractivity contribution in [2.24, 2.45) is 0 Å². The average Bonchev–Trinajstić information content (AvgIpc) is 2.52. The second-order valence-corrected chi connectivity index (χ2v) is 6.54. The third-order valence-corrected chi connectivity index (χ3v) is 3.62. The van der Waals surface area contributed by atoms with E-state index in [0.717, 1.165) is 5.56 Å². The molecule has 7 heteroatoms. The molecule has 1 aromatic rings. The molecule has 2 rings (SSSR count). The van der Waals surface area contributed by atoms with Crippen molar-refractivity contribution in [1.29, 1.82) is 0 Å². The normalized spacial score (nSPS) is 17.5. The summed E-state index contributed by atoms with van der Waals surface area (Å²) < 4.78 is 10.8. The number of nitro groups is 1. The first-order chi connectivity index (χ1) is 11.2. The maximum Gasteiger partial charge on any atom is 0.411 e. The van der Waals surface area contributed by atoms with E-state index in [1.165, 1.54) is 19.2 Å². The Hall–Kier alpha value is -2.57. The predicted molar refractivity (Wildman–Crippen MR) is 89.1 cm³/mol. The van der Waals surface area contributed by atoms with Crippen molar-refractivity contribution in [3.63, 3.8) is 0 Å². The minimum absolute atomic E-state index is 0.0502. The Labute approximate surface area is 141 Å². The molecule has 1 amide bonds. The Morgan fingerprint density at radius 2 is 2.04 bits per heavy atom. The molecule has 130 valence electrons. The molecular formula is C17H22N2O5. The first-order valence-corrected chi connectivity index (χ1v) is 7.70. The summed E-state index contributed by atoms with van der Waals surface area (Å²) in [5.74, 6) is 0.387. The zero-order chi connectivity index (χ0) is 17.9. The van der Waals surface area contributed by atoms with E-state index in [4.69, 9.17) is 9.47 Å². The van der Waals surface area contributed by atoms with Gasteiger partial charge in [0.2, 0.25) is 0 Å². The van der Waals surface area contributed by atoms with Crippen molar-refractivity contribution in [2.75, 3.05) is 13.7 Å². The number of nitrogens with zero attached hydrogens (tertiary/aromatic N) is 2. The number of amides is 1. The van der Waals surface area contributed by atoms with E-state index >= 15 is 0 Å². The molecule has 1 unspecified atom stereocenters. The molecule has 1 heterocycles. The fraction of sp³-hybridized carbons (Fsp3) is 0.471. The summed E-state index contributed by atoms with van der Waals surface area (Å²) in [5.41, 5.74) is 0.0756. The predicted octanol–water partition coefficient (Wildman–Crippen LogP) is 3.84. The summed E-state index contributed by atoms with van der Waals surface area (Å²) in [6.45, 7) is 5.85. The van der Waals surface area contributed by atoms with Crippen LogP contribution in [-0.2, 0) is 4.74 Å². The van der Waals surface area contributed by atoms with Gasteiger partial charge in [0.1, 0.15) is 11.4 Å². The van der Waals surface area contributed by atoms with E-state index < -0.39 is 16.6 Å². The highest BCUT2D eigenvalue weighted by Crippen LogP contribution is 2.36. The van der Waals surface area contributed by atoms with Crippen LogP contribution in [0.1, 0.15) is 38.8 Å². The van der Waals surface area contributed by atoms with Gasteiger partial charge < -0.3 is 9.47 Å². The lowest BCUT2D eigenvalue weighted by molar-refractivity contribution is -0.384. The molecule has 1 aliphatic rings. The molecule has 1 aliphatic heterocycles. The number of benzene rings is 1. The van der Waals surface area contributed by atoms with Crippen LogP contribution in [0.4, 0.5) is 10.5 Å². The van der Waals surface area contributed by atoms with Crippen LogP contribution in [0.3, 0.4) is 0 Å². The zero-order valence-electron chi connectivity index (χ0n) is 14.3. The van der Waals surface area contributed by atoms with Crippen LogP contribution in [0.15, 0.2) is 30.4 Å². The monoisotopic (exact) mass is 334 g/mol. The maximum atomic E-state index is 12.5. The molecular weight excluding hydrogens is 312 g/mol. The minimum atomic E-state index is -0.595. The Balaban J connectivity index is 2.35. The Bertz CT molecular complexity index is 663. The van der Waals surface area contributed by atoms with Crippen molar-refractivity contribution < 1.29 is 19.2 Å². The Kier molecular flexibility index (Phi) is 5.11. The van der Waals surface area contributed by atoms with E-state index in [2.05, 4.69) is 0 Å². The Morgan fingerprint density at radius 1 is 1.33 bits per heavy atom. The SMILES string of the molecule is COc1cc([N+](=O)[O-])ccc1C1CC=CCN1C(=O)OC(C)(C)C. The van der Waals surface area contributed by atoms with Gasteiger partial charge in [0, 0.05) is 18.2 Å². The smallest absolute Gasteiger partial charge is 0.411 e. The van der Waals surface area contributed by atoms with Gasteiger partial charge in [0.05, 0.1) is 24.1 Å². The van der Waals surface area contributed by atoms with Crippen LogP contribution in [0.2, 0.25) is 0 Å². The molecule has 1 atom stereocenters. The van der Waals surface area contributed by atoms with Gasteiger partial charge in [-0.3, -0.25) is 15.0 Å². The van der Waals surface area contributed by atoms with Gasteiger partial charge in [-0.05, 0) is 33.3 Å². The molecule has 0 aliphatic carbocycles. The van der Waals surface area contributed by atoms with Crippen LogP contribution in [0.25, 0.3) is 0 Å². The molecule has 0 spiro atoms. The van der Waals surface area contributed by atoms with Crippen LogP contribution >= 0.6 is 0 Å². The van der Waals surface area contributed by atoms with Gasteiger partial charge in [0.15, 0.2) is 0 Å². The van der Waals surface area contributed by atoms with Gasteiger partial charge in [-0.15, -0.1) is 0 Å². The van der Waals surface area contributed by atoms with Crippen LogP contribution in [-0.4, -0.2) is 35.2 Å². The quantitative estimate of drug-likeness (QED) is 0.476. The first-order valence-electron chi connectivity index (χ1n) is 7.70. The second kappa shape index (κ2) is 6.90. The number of rotatable bonds is 3. The summed E-state index contributed by atoms with van der Waals surface area (Å²) in [7, 11) is 1.46. The molecule has 0 radical (unpaired) electrons. The van der Waals surface area contributed by atoms with E-state index in [0.29, 0.717) is 18.7 Å². The summed E-state index contributed by atoms with van der Waals surface area (Å²) >= 11 is 0. The summed E-state index contributed by atoms with van der Waals surface area (Å²) in [5, 5.41) is 10.9. The summed E-state index contributed by atoms with van der Waals surface area (Å²) in [4.78, 5) is 24.6. The number of hydrogen-bond donors (Lipinski definition) is 0. The standard InChI is InChI=1S/C17H22N2O5/c1-17(2,3)24-16(20)18-10-6-5-7-14(18)13-9-8-12(19(21)22)11-15(13)23-4/h5-6,8-9,11,14H,7,10H2,1-4H3. The van der Waals surface area contributed by atoms with Gasteiger partial charge in [-0.1, -0.05) is 12.2 Å². The molecule has 24 heavy (non-hydrogen) atoms. The van der Waals surface area contributed by atoms with Gasteiger partial charge >= 0.3 is 6.09 Å². The lowest BCUT2D eigenvalue weighted by atomic mass is 9.98. The van der Waals surface area contributed by atoms with Gasteiger partial charge in [-0.2, -0.15) is 0 Å². The minimum Gasteiger partial charge on any atom is -0.496 e. The van der Waals surface area contributed by atoms with Gasteiger partial charge in [-0.25, -0.2) is 4.79 Å². The van der Waals surface area contributed by atoms with Crippen LogP contribution in [0, 0.1) is 10.1 Å². The third-order valence-electron chi connectivity index (χ3n) is 3.62.